The molecule has 1 aliphatic carbocycles. The van der Waals surface area contributed by atoms with E-state index in [1.54, 1.807) is 0 Å². The van der Waals surface area contributed by atoms with Crippen LogP contribution in [0.15, 0.2) is 0 Å². The molecule has 3 atom stereocenters. The van der Waals surface area contributed by atoms with Gasteiger partial charge in [0.05, 0.1) is 0 Å². The topological polar surface area (TPSA) is 35.7 Å². The van der Waals surface area contributed by atoms with Crippen LogP contribution in [-0.2, 0) is 0 Å². The summed E-state index contributed by atoms with van der Waals surface area (Å²) in [6.07, 6.45) is 3.84. The third-order valence-corrected chi connectivity index (χ3v) is 4.87. The Morgan fingerprint density at radius 1 is 1.11 bits per heavy atom. The summed E-state index contributed by atoms with van der Waals surface area (Å²) in [4.78, 5) is 7.52. The molecule has 19 heavy (non-hydrogen) atoms. The highest BCUT2D eigenvalue weighted by Crippen LogP contribution is 2.27. The predicted molar refractivity (Wildman–Crippen MR) is 81.3 cm³/mol. The van der Waals surface area contributed by atoms with Crippen LogP contribution in [0.4, 0.5) is 0 Å². The zero-order valence-corrected chi connectivity index (χ0v) is 13.0. The van der Waals surface area contributed by atoms with Crippen molar-refractivity contribution in [3.8, 4) is 0 Å². The molecule has 0 aromatic heterocycles. The first-order valence-corrected chi connectivity index (χ1v) is 7.93. The van der Waals surface area contributed by atoms with E-state index in [-0.39, 0.29) is 0 Å². The number of hydrogen-bond acceptors (Lipinski definition) is 4. The van der Waals surface area contributed by atoms with Gasteiger partial charge in [-0.25, -0.2) is 0 Å². The van der Waals surface area contributed by atoms with Gasteiger partial charge < -0.3 is 10.6 Å². The molecule has 0 bridgehead atoms. The van der Waals surface area contributed by atoms with Crippen LogP contribution in [0.5, 0.6) is 0 Å². The van der Waals surface area contributed by atoms with E-state index in [4.69, 9.17) is 5.73 Å². The molecule has 1 saturated heterocycles. The average molecular weight is 268 g/mol. The fraction of sp³-hybridized carbons (Fsp3) is 1.00. The maximum absolute atomic E-state index is 6.34. The van der Waals surface area contributed by atoms with E-state index in [1.807, 2.05) is 0 Å². The molecule has 0 aromatic carbocycles. The van der Waals surface area contributed by atoms with Crippen LogP contribution in [0.25, 0.3) is 0 Å². The van der Waals surface area contributed by atoms with Crippen molar-refractivity contribution in [2.45, 2.75) is 38.3 Å². The van der Waals surface area contributed by atoms with E-state index in [9.17, 15) is 0 Å². The SMILES string of the molecule is CC1CCC(N)C(N2CCN(CCN(C)C)CC2)C1. The maximum atomic E-state index is 6.34. The summed E-state index contributed by atoms with van der Waals surface area (Å²) in [7, 11) is 4.30. The molecule has 1 saturated carbocycles. The zero-order chi connectivity index (χ0) is 13.8. The van der Waals surface area contributed by atoms with Crippen molar-refractivity contribution in [2.75, 3.05) is 53.4 Å². The number of nitrogens with two attached hydrogens (primary N) is 1. The molecule has 1 aliphatic heterocycles. The van der Waals surface area contributed by atoms with E-state index in [0.29, 0.717) is 12.1 Å². The van der Waals surface area contributed by atoms with Crippen molar-refractivity contribution in [3.05, 3.63) is 0 Å². The summed E-state index contributed by atoms with van der Waals surface area (Å²) in [5, 5.41) is 0. The molecule has 0 radical (unpaired) electrons. The smallest absolute Gasteiger partial charge is 0.0250 e. The highest BCUT2D eigenvalue weighted by Gasteiger charge is 2.32. The van der Waals surface area contributed by atoms with Crippen LogP contribution < -0.4 is 5.73 Å². The fourth-order valence-electron chi connectivity index (χ4n) is 3.45. The van der Waals surface area contributed by atoms with E-state index in [1.165, 1.54) is 58.5 Å². The molecule has 1 heterocycles. The molecule has 4 nitrogen and oxygen atoms in total. The lowest BCUT2D eigenvalue weighted by Crippen LogP contribution is -2.57. The highest BCUT2D eigenvalue weighted by atomic mass is 15.3. The largest absolute Gasteiger partial charge is 0.326 e. The van der Waals surface area contributed by atoms with Gasteiger partial charge in [0.25, 0.3) is 0 Å². The standard InChI is InChI=1S/C15H32N4/c1-13-4-5-14(16)15(12-13)19-10-8-18(9-11-19)7-6-17(2)3/h13-15H,4-12,16H2,1-3H3. The Kier molecular flexibility index (Phi) is 5.63. The number of likely N-dealkylation sites (N-methyl/N-ethyl adjacent to an activating group) is 1. The molecule has 2 N–H and O–H groups in total. The third kappa shape index (κ3) is 4.42. The van der Waals surface area contributed by atoms with Gasteiger partial charge in [-0.1, -0.05) is 6.92 Å². The van der Waals surface area contributed by atoms with Gasteiger partial charge in [-0.3, -0.25) is 9.80 Å². The Bertz CT molecular complexity index is 261. The summed E-state index contributed by atoms with van der Waals surface area (Å²) < 4.78 is 0. The second kappa shape index (κ2) is 7.02. The molecule has 0 amide bonds. The van der Waals surface area contributed by atoms with Crippen LogP contribution in [0, 0.1) is 5.92 Å². The molecule has 2 fully saturated rings. The average Bonchev–Trinajstić information content (AvgIpc) is 2.40. The summed E-state index contributed by atoms with van der Waals surface area (Å²) in [5.74, 6) is 0.858. The van der Waals surface area contributed by atoms with Crippen molar-refractivity contribution in [3.63, 3.8) is 0 Å². The number of rotatable bonds is 4. The quantitative estimate of drug-likeness (QED) is 0.813. The Balaban J connectivity index is 1.76. The summed E-state index contributed by atoms with van der Waals surface area (Å²) in [6, 6.07) is 1.05. The van der Waals surface area contributed by atoms with Crippen LogP contribution in [0.1, 0.15) is 26.2 Å². The monoisotopic (exact) mass is 268 g/mol. The lowest BCUT2D eigenvalue weighted by molar-refractivity contribution is 0.0565. The lowest BCUT2D eigenvalue weighted by Gasteiger charge is -2.44. The normalized spacial score (nSPS) is 34.9. The Morgan fingerprint density at radius 3 is 2.42 bits per heavy atom. The Morgan fingerprint density at radius 2 is 1.79 bits per heavy atom. The van der Waals surface area contributed by atoms with Gasteiger partial charge in [0.2, 0.25) is 0 Å². The molecular formula is C15H32N4. The summed E-state index contributed by atoms with van der Waals surface area (Å²) >= 11 is 0. The Hall–Kier alpha value is -0.160. The summed E-state index contributed by atoms with van der Waals surface area (Å²) in [5.41, 5.74) is 6.34. The Labute approximate surface area is 118 Å². The van der Waals surface area contributed by atoms with Crippen molar-refractivity contribution < 1.29 is 0 Å². The second-order valence-corrected chi connectivity index (χ2v) is 6.83. The molecule has 3 unspecified atom stereocenters. The van der Waals surface area contributed by atoms with Crippen LogP contribution in [0.2, 0.25) is 0 Å². The van der Waals surface area contributed by atoms with Crippen LogP contribution in [0.3, 0.4) is 0 Å². The van der Waals surface area contributed by atoms with Crippen molar-refractivity contribution in [2.24, 2.45) is 11.7 Å². The van der Waals surface area contributed by atoms with Crippen LogP contribution in [-0.4, -0.2) is 80.1 Å². The van der Waals surface area contributed by atoms with E-state index in [2.05, 4.69) is 35.7 Å². The van der Waals surface area contributed by atoms with E-state index < -0.39 is 0 Å². The molecule has 2 aliphatic rings. The number of hydrogen-bond donors (Lipinski definition) is 1. The van der Waals surface area contributed by atoms with E-state index in [0.717, 1.165) is 5.92 Å². The minimum atomic E-state index is 0.407. The molecule has 4 heteroatoms. The molecule has 112 valence electrons. The predicted octanol–water partition coefficient (Wildman–Crippen LogP) is 0.682. The minimum Gasteiger partial charge on any atom is -0.326 e. The van der Waals surface area contributed by atoms with Gasteiger partial charge in [-0.05, 0) is 39.3 Å². The first kappa shape index (κ1) is 15.2. The van der Waals surface area contributed by atoms with Gasteiger partial charge in [-0.15, -0.1) is 0 Å². The molecule has 0 aromatic rings. The first-order chi connectivity index (χ1) is 9.06. The van der Waals surface area contributed by atoms with Gasteiger partial charge in [-0.2, -0.15) is 0 Å². The zero-order valence-electron chi connectivity index (χ0n) is 13.0. The first-order valence-electron chi connectivity index (χ1n) is 7.93. The van der Waals surface area contributed by atoms with Gasteiger partial charge >= 0.3 is 0 Å². The van der Waals surface area contributed by atoms with Gasteiger partial charge in [0.15, 0.2) is 0 Å². The third-order valence-electron chi connectivity index (χ3n) is 4.87. The fourth-order valence-corrected chi connectivity index (χ4v) is 3.45. The number of piperazine rings is 1. The highest BCUT2D eigenvalue weighted by molar-refractivity contribution is 4.90. The second-order valence-electron chi connectivity index (χ2n) is 6.83. The van der Waals surface area contributed by atoms with Crippen molar-refractivity contribution in [1.29, 1.82) is 0 Å². The van der Waals surface area contributed by atoms with Crippen molar-refractivity contribution >= 4 is 0 Å². The molecular weight excluding hydrogens is 236 g/mol. The number of nitrogens with zero attached hydrogens (tertiary/aromatic N) is 3. The summed E-state index contributed by atoms with van der Waals surface area (Å²) in [6.45, 7) is 9.59. The van der Waals surface area contributed by atoms with Gasteiger partial charge in [0.1, 0.15) is 0 Å². The molecule has 0 spiro atoms. The minimum absolute atomic E-state index is 0.407. The van der Waals surface area contributed by atoms with E-state index >= 15 is 0 Å². The van der Waals surface area contributed by atoms with Crippen LogP contribution >= 0.6 is 0 Å². The maximum Gasteiger partial charge on any atom is 0.0250 e. The van der Waals surface area contributed by atoms with Crippen molar-refractivity contribution in [1.82, 2.24) is 14.7 Å². The lowest BCUT2D eigenvalue weighted by atomic mass is 9.83. The molecule has 2 rings (SSSR count). The van der Waals surface area contributed by atoms with Gasteiger partial charge in [0, 0.05) is 51.4 Å².